The number of carbonyl (C=O) groups is 1. The van der Waals surface area contributed by atoms with E-state index >= 15 is 0 Å². The Morgan fingerprint density at radius 3 is 2.80 bits per heavy atom. The fourth-order valence-electron chi connectivity index (χ4n) is 2.15. The molecule has 0 bridgehead atoms. The number of hydrogen-bond donors (Lipinski definition) is 2. The Morgan fingerprint density at radius 2 is 2.20 bits per heavy atom. The quantitative estimate of drug-likeness (QED) is 0.854. The molecule has 20 heavy (non-hydrogen) atoms. The average molecular weight is 274 g/mol. The SMILES string of the molecule is COc1cccc(CCn2cnc(C(N)=O)c2N)c1C. The van der Waals surface area contributed by atoms with Crippen molar-refractivity contribution in [2.75, 3.05) is 12.8 Å². The van der Waals surface area contributed by atoms with Crippen LogP contribution >= 0.6 is 0 Å². The maximum Gasteiger partial charge on any atom is 0.271 e. The fourth-order valence-corrected chi connectivity index (χ4v) is 2.15. The number of nitrogens with two attached hydrogens (primary N) is 2. The van der Waals surface area contributed by atoms with E-state index in [1.807, 2.05) is 25.1 Å². The summed E-state index contributed by atoms with van der Waals surface area (Å²) >= 11 is 0. The maximum absolute atomic E-state index is 11.1. The van der Waals surface area contributed by atoms with E-state index in [-0.39, 0.29) is 5.69 Å². The number of imidazole rings is 1. The second-order valence-corrected chi connectivity index (χ2v) is 4.53. The van der Waals surface area contributed by atoms with Crippen LogP contribution in [-0.2, 0) is 13.0 Å². The van der Waals surface area contributed by atoms with Gasteiger partial charge in [-0.2, -0.15) is 0 Å². The third kappa shape index (κ3) is 2.59. The van der Waals surface area contributed by atoms with Gasteiger partial charge >= 0.3 is 0 Å². The summed E-state index contributed by atoms with van der Waals surface area (Å²) in [5.74, 6) is 0.552. The van der Waals surface area contributed by atoms with Crippen molar-refractivity contribution in [1.82, 2.24) is 9.55 Å². The lowest BCUT2D eigenvalue weighted by atomic mass is 10.0. The molecule has 2 aromatic rings. The number of anilines is 1. The lowest BCUT2D eigenvalue weighted by Gasteiger charge is -2.11. The molecule has 2 rings (SSSR count). The molecule has 1 aromatic heterocycles. The summed E-state index contributed by atoms with van der Waals surface area (Å²) < 4.78 is 7.01. The number of hydrogen-bond acceptors (Lipinski definition) is 4. The molecule has 6 nitrogen and oxygen atoms in total. The maximum atomic E-state index is 11.1. The molecule has 1 heterocycles. The first-order chi connectivity index (χ1) is 9.54. The highest BCUT2D eigenvalue weighted by Crippen LogP contribution is 2.22. The minimum Gasteiger partial charge on any atom is -0.496 e. The van der Waals surface area contributed by atoms with Gasteiger partial charge in [-0.25, -0.2) is 4.98 Å². The van der Waals surface area contributed by atoms with Crippen LogP contribution in [0.3, 0.4) is 0 Å². The molecule has 0 radical (unpaired) electrons. The van der Waals surface area contributed by atoms with Crippen LogP contribution in [0.2, 0.25) is 0 Å². The first-order valence-corrected chi connectivity index (χ1v) is 6.27. The second kappa shape index (κ2) is 5.64. The van der Waals surface area contributed by atoms with Crippen molar-refractivity contribution < 1.29 is 9.53 Å². The Bertz CT molecular complexity index is 634. The van der Waals surface area contributed by atoms with E-state index in [4.69, 9.17) is 16.2 Å². The van der Waals surface area contributed by atoms with Crippen molar-refractivity contribution in [3.8, 4) is 5.75 Å². The van der Waals surface area contributed by atoms with Gasteiger partial charge in [0.25, 0.3) is 5.91 Å². The van der Waals surface area contributed by atoms with Gasteiger partial charge in [0.1, 0.15) is 11.6 Å². The van der Waals surface area contributed by atoms with Gasteiger partial charge < -0.3 is 20.8 Å². The van der Waals surface area contributed by atoms with Crippen LogP contribution < -0.4 is 16.2 Å². The Hall–Kier alpha value is -2.50. The zero-order chi connectivity index (χ0) is 14.7. The van der Waals surface area contributed by atoms with Gasteiger partial charge in [-0.1, -0.05) is 12.1 Å². The normalized spacial score (nSPS) is 10.5. The monoisotopic (exact) mass is 274 g/mol. The highest BCUT2D eigenvalue weighted by molar-refractivity contribution is 5.95. The van der Waals surface area contributed by atoms with Gasteiger partial charge in [-0.15, -0.1) is 0 Å². The topological polar surface area (TPSA) is 96.2 Å². The lowest BCUT2D eigenvalue weighted by molar-refractivity contribution is 0.0997. The van der Waals surface area contributed by atoms with Gasteiger partial charge in [0, 0.05) is 6.54 Å². The summed E-state index contributed by atoms with van der Waals surface area (Å²) in [7, 11) is 1.65. The summed E-state index contributed by atoms with van der Waals surface area (Å²) in [5, 5.41) is 0. The largest absolute Gasteiger partial charge is 0.496 e. The van der Waals surface area contributed by atoms with Crippen LogP contribution in [-0.4, -0.2) is 22.6 Å². The van der Waals surface area contributed by atoms with Crippen molar-refractivity contribution in [2.45, 2.75) is 19.9 Å². The van der Waals surface area contributed by atoms with Gasteiger partial charge in [0.15, 0.2) is 5.69 Å². The molecule has 6 heteroatoms. The molecule has 0 saturated heterocycles. The number of nitrogens with zero attached hydrogens (tertiary/aromatic N) is 2. The minimum atomic E-state index is -0.612. The molecule has 1 amide bonds. The highest BCUT2D eigenvalue weighted by Gasteiger charge is 2.12. The third-order valence-corrected chi connectivity index (χ3v) is 3.35. The number of methoxy groups -OCH3 is 1. The van der Waals surface area contributed by atoms with Crippen LogP contribution in [0.15, 0.2) is 24.5 Å². The predicted molar refractivity (Wildman–Crippen MR) is 76.6 cm³/mol. The molecule has 0 atom stereocenters. The van der Waals surface area contributed by atoms with Gasteiger partial charge in [-0.3, -0.25) is 4.79 Å². The Morgan fingerprint density at radius 1 is 1.45 bits per heavy atom. The summed E-state index contributed by atoms with van der Waals surface area (Å²) in [6, 6.07) is 5.92. The summed E-state index contributed by atoms with van der Waals surface area (Å²) in [6.07, 6.45) is 2.30. The molecule has 106 valence electrons. The second-order valence-electron chi connectivity index (χ2n) is 4.53. The summed E-state index contributed by atoms with van der Waals surface area (Å²) in [6.45, 7) is 2.64. The van der Waals surface area contributed by atoms with Crippen LogP contribution in [0.4, 0.5) is 5.82 Å². The highest BCUT2D eigenvalue weighted by atomic mass is 16.5. The molecule has 0 unspecified atom stereocenters. The van der Waals surface area contributed by atoms with E-state index in [2.05, 4.69) is 4.98 Å². The molecule has 1 aromatic carbocycles. The zero-order valence-corrected chi connectivity index (χ0v) is 11.6. The number of aryl methyl sites for hydroxylation is 2. The summed E-state index contributed by atoms with van der Waals surface area (Å²) in [5.41, 5.74) is 13.4. The van der Waals surface area contributed by atoms with E-state index < -0.39 is 5.91 Å². The first kappa shape index (κ1) is 13.9. The number of nitrogen functional groups attached to an aromatic ring is 1. The van der Waals surface area contributed by atoms with Crippen molar-refractivity contribution in [3.63, 3.8) is 0 Å². The van der Waals surface area contributed by atoms with Gasteiger partial charge in [0.2, 0.25) is 0 Å². The van der Waals surface area contributed by atoms with Crippen molar-refractivity contribution in [1.29, 1.82) is 0 Å². The summed E-state index contributed by atoms with van der Waals surface area (Å²) in [4.78, 5) is 15.0. The standard InChI is InChI=1S/C14H18N4O2/c1-9-10(4-3-5-11(9)20-2)6-7-18-8-17-12(13(18)15)14(16)19/h3-5,8H,6-7,15H2,1-2H3,(H2,16,19). The number of ether oxygens (including phenoxy) is 1. The number of rotatable bonds is 5. The molecule has 0 fully saturated rings. The van der Waals surface area contributed by atoms with Gasteiger partial charge in [-0.05, 0) is 30.5 Å². The lowest BCUT2D eigenvalue weighted by Crippen LogP contribution is -2.15. The van der Waals surface area contributed by atoms with Crippen LogP contribution in [0.5, 0.6) is 5.75 Å². The smallest absolute Gasteiger partial charge is 0.271 e. The molecular formula is C14H18N4O2. The minimum absolute atomic E-state index is 0.118. The number of amides is 1. The number of carbonyl (C=O) groups excluding carboxylic acids is 1. The third-order valence-electron chi connectivity index (χ3n) is 3.35. The number of primary amides is 1. The molecule has 0 aliphatic heterocycles. The van der Waals surface area contributed by atoms with Crippen molar-refractivity contribution in [2.24, 2.45) is 5.73 Å². The Kier molecular flexibility index (Phi) is 3.93. The number of aromatic nitrogens is 2. The van der Waals surface area contributed by atoms with E-state index in [9.17, 15) is 4.79 Å². The van der Waals surface area contributed by atoms with Crippen molar-refractivity contribution in [3.05, 3.63) is 41.3 Å². The molecular weight excluding hydrogens is 256 g/mol. The predicted octanol–water partition coefficient (Wildman–Crippen LogP) is 1.12. The molecule has 0 saturated carbocycles. The average Bonchev–Trinajstić information content (AvgIpc) is 2.79. The van der Waals surface area contributed by atoms with Crippen LogP contribution in [0.1, 0.15) is 21.6 Å². The van der Waals surface area contributed by atoms with E-state index in [0.29, 0.717) is 12.4 Å². The molecule has 0 aliphatic rings. The fraction of sp³-hybridized carbons (Fsp3) is 0.286. The van der Waals surface area contributed by atoms with Crippen molar-refractivity contribution >= 4 is 11.7 Å². The van der Waals surface area contributed by atoms with Crippen LogP contribution in [0.25, 0.3) is 0 Å². The molecule has 0 spiro atoms. The van der Waals surface area contributed by atoms with Gasteiger partial charge in [0.05, 0.1) is 13.4 Å². The van der Waals surface area contributed by atoms with E-state index in [0.717, 1.165) is 23.3 Å². The number of benzene rings is 1. The molecule has 0 aliphatic carbocycles. The Balaban J connectivity index is 2.15. The first-order valence-electron chi connectivity index (χ1n) is 6.27. The van der Waals surface area contributed by atoms with Crippen LogP contribution in [0, 0.1) is 6.92 Å². The molecule has 4 N–H and O–H groups in total. The Labute approximate surface area is 117 Å². The van der Waals surface area contributed by atoms with E-state index in [1.54, 1.807) is 11.7 Å². The zero-order valence-electron chi connectivity index (χ0n) is 11.6. The van der Waals surface area contributed by atoms with E-state index in [1.165, 1.54) is 6.33 Å².